The second-order valence-corrected chi connectivity index (χ2v) is 5.44. The van der Waals surface area contributed by atoms with Crippen molar-refractivity contribution in [2.45, 2.75) is 37.7 Å². The zero-order valence-electron chi connectivity index (χ0n) is 9.53. The summed E-state index contributed by atoms with van der Waals surface area (Å²) in [6, 6.07) is 0.0423. The number of hydrogen-bond donors (Lipinski definition) is 0. The highest BCUT2D eigenvalue weighted by Crippen LogP contribution is 2.45. The topological polar surface area (TPSA) is 38.8 Å². The van der Waals surface area contributed by atoms with Crippen molar-refractivity contribution in [3.63, 3.8) is 0 Å². The molecule has 2 atom stereocenters. The monoisotopic (exact) mass is 229 g/mol. The van der Waals surface area contributed by atoms with Crippen molar-refractivity contribution in [2.75, 3.05) is 19.8 Å². The van der Waals surface area contributed by atoms with Gasteiger partial charge in [0.15, 0.2) is 5.67 Å². The maximum Gasteiger partial charge on any atom is 0.231 e. The SMILES string of the molecule is CC1(C)OC[C@@H]2C[C@@H](C3(F)COC3)C(=O)N21. The van der Waals surface area contributed by atoms with Crippen molar-refractivity contribution in [1.82, 2.24) is 4.90 Å². The summed E-state index contributed by atoms with van der Waals surface area (Å²) in [7, 11) is 0. The van der Waals surface area contributed by atoms with Gasteiger partial charge in [-0.1, -0.05) is 0 Å². The second kappa shape index (κ2) is 2.96. The van der Waals surface area contributed by atoms with E-state index in [9.17, 15) is 9.18 Å². The first-order chi connectivity index (χ1) is 7.44. The van der Waals surface area contributed by atoms with Gasteiger partial charge in [0.2, 0.25) is 5.91 Å². The molecule has 16 heavy (non-hydrogen) atoms. The molecule has 0 aliphatic carbocycles. The molecule has 3 fully saturated rings. The number of carbonyl (C=O) groups is 1. The summed E-state index contributed by atoms with van der Waals surface area (Å²) in [6.45, 7) is 4.35. The zero-order valence-corrected chi connectivity index (χ0v) is 9.53. The number of halogens is 1. The average molecular weight is 229 g/mol. The molecular formula is C11H16FNO3. The van der Waals surface area contributed by atoms with Crippen molar-refractivity contribution < 1.29 is 18.7 Å². The Kier molecular flexibility index (Phi) is 1.93. The van der Waals surface area contributed by atoms with E-state index in [0.29, 0.717) is 13.0 Å². The number of carbonyl (C=O) groups excluding carboxylic acids is 1. The molecule has 3 rings (SSSR count). The number of rotatable bonds is 1. The van der Waals surface area contributed by atoms with Crippen LogP contribution >= 0.6 is 0 Å². The number of hydrogen-bond acceptors (Lipinski definition) is 3. The molecule has 0 N–H and O–H groups in total. The summed E-state index contributed by atoms with van der Waals surface area (Å²) >= 11 is 0. The van der Waals surface area contributed by atoms with Crippen molar-refractivity contribution in [2.24, 2.45) is 5.92 Å². The minimum atomic E-state index is -1.43. The lowest BCUT2D eigenvalue weighted by molar-refractivity contribution is -0.176. The third-order valence-electron chi connectivity index (χ3n) is 3.93. The largest absolute Gasteiger partial charge is 0.375 e. The Morgan fingerprint density at radius 2 is 2.12 bits per heavy atom. The molecule has 3 heterocycles. The molecule has 0 radical (unpaired) electrons. The van der Waals surface area contributed by atoms with Crippen LogP contribution in [0.5, 0.6) is 0 Å². The van der Waals surface area contributed by atoms with E-state index in [2.05, 4.69) is 0 Å². The van der Waals surface area contributed by atoms with Crippen LogP contribution in [0, 0.1) is 5.92 Å². The van der Waals surface area contributed by atoms with E-state index in [4.69, 9.17) is 9.47 Å². The van der Waals surface area contributed by atoms with Gasteiger partial charge in [0.05, 0.1) is 31.8 Å². The van der Waals surface area contributed by atoms with Crippen molar-refractivity contribution >= 4 is 5.91 Å². The van der Waals surface area contributed by atoms with Gasteiger partial charge in [-0.25, -0.2) is 4.39 Å². The molecule has 0 aromatic rings. The zero-order chi connectivity index (χ0) is 11.6. The fourth-order valence-electron chi connectivity index (χ4n) is 2.97. The van der Waals surface area contributed by atoms with E-state index in [-0.39, 0.29) is 25.2 Å². The van der Waals surface area contributed by atoms with Crippen LogP contribution in [0.3, 0.4) is 0 Å². The Morgan fingerprint density at radius 3 is 2.62 bits per heavy atom. The summed E-state index contributed by atoms with van der Waals surface area (Å²) in [6.07, 6.45) is 0.558. The van der Waals surface area contributed by atoms with E-state index < -0.39 is 17.3 Å². The van der Waals surface area contributed by atoms with Gasteiger partial charge in [0.25, 0.3) is 0 Å². The molecule has 1 amide bonds. The first-order valence-electron chi connectivity index (χ1n) is 5.68. The van der Waals surface area contributed by atoms with Gasteiger partial charge < -0.3 is 14.4 Å². The Balaban J connectivity index is 1.85. The predicted octanol–water partition coefficient (Wildman–Crippen LogP) is 0.708. The molecule has 3 aliphatic rings. The molecule has 3 saturated heterocycles. The highest BCUT2D eigenvalue weighted by molar-refractivity contribution is 5.84. The Bertz CT molecular complexity index is 340. The number of alkyl halides is 1. The molecule has 90 valence electrons. The van der Waals surface area contributed by atoms with Gasteiger partial charge >= 0.3 is 0 Å². The Morgan fingerprint density at radius 1 is 1.44 bits per heavy atom. The van der Waals surface area contributed by atoms with E-state index in [1.54, 1.807) is 4.90 Å². The molecule has 4 nitrogen and oxygen atoms in total. The number of amides is 1. The van der Waals surface area contributed by atoms with Crippen LogP contribution in [0.4, 0.5) is 4.39 Å². The second-order valence-electron chi connectivity index (χ2n) is 5.44. The first-order valence-corrected chi connectivity index (χ1v) is 5.68. The van der Waals surface area contributed by atoms with Crippen molar-refractivity contribution in [3.05, 3.63) is 0 Å². The van der Waals surface area contributed by atoms with E-state index in [1.807, 2.05) is 13.8 Å². The number of fused-ring (bicyclic) bond motifs is 1. The molecule has 5 heteroatoms. The third-order valence-corrected chi connectivity index (χ3v) is 3.93. The lowest BCUT2D eigenvalue weighted by Crippen LogP contribution is -2.55. The van der Waals surface area contributed by atoms with Crippen LogP contribution in [0.1, 0.15) is 20.3 Å². The minimum absolute atomic E-state index is 0.0423. The molecule has 3 aliphatic heterocycles. The minimum Gasteiger partial charge on any atom is -0.375 e. The molecule has 0 unspecified atom stereocenters. The van der Waals surface area contributed by atoms with E-state index in [0.717, 1.165) is 0 Å². The quantitative estimate of drug-likeness (QED) is 0.664. The summed E-state index contributed by atoms with van der Waals surface area (Å²) in [5.41, 5.74) is -2.02. The molecular weight excluding hydrogens is 213 g/mol. The molecule has 0 aromatic carbocycles. The fourth-order valence-corrected chi connectivity index (χ4v) is 2.97. The van der Waals surface area contributed by atoms with Gasteiger partial charge in [0, 0.05) is 0 Å². The van der Waals surface area contributed by atoms with Crippen LogP contribution in [-0.4, -0.2) is 48.1 Å². The number of nitrogens with zero attached hydrogens (tertiary/aromatic N) is 1. The van der Waals surface area contributed by atoms with Crippen molar-refractivity contribution in [1.29, 1.82) is 0 Å². The van der Waals surface area contributed by atoms with Gasteiger partial charge in [0.1, 0.15) is 5.72 Å². The normalized spacial score (nSPS) is 39.7. The predicted molar refractivity (Wildman–Crippen MR) is 53.4 cm³/mol. The van der Waals surface area contributed by atoms with Crippen LogP contribution in [-0.2, 0) is 14.3 Å². The average Bonchev–Trinajstić information content (AvgIpc) is 2.63. The number of ether oxygens (including phenoxy) is 2. The standard InChI is InChI=1S/C11H16FNO3/c1-10(2)13-7(4-16-10)3-8(9(13)14)11(12)5-15-6-11/h7-8H,3-6H2,1-2H3/t7-,8+/m0/s1. The van der Waals surface area contributed by atoms with Gasteiger partial charge in [-0.3, -0.25) is 4.79 Å². The fraction of sp³-hybridized carbons (Fsp3) is 0.909. The van der Waals surface area contributed by atoms with E-state index >= 15 is 0 Å². The summed E-state index contributed by atoms with van der Waals surface area (Å²) in [4.78, 5) is 13.9. The van der Waals surface area contributed by atoms with Crippen LogP contribution in [0.25, 0.3) is 0 Å². The molecule has 0 bridgehead atoms. The van der Waals surface area contributed by atoms with Gasteiger partial charge in [-0.15, -0.1) is 0 Å². The maximum atomic E-state index is 14.2. The highest BCUT2D eigenvalue weighted by atomic mass is 19.1. The van der Waals surface area contributed by atoms with Crippen molar-refractivity contribution in [3.8, 4) is 0 Å². The molecule has 0 spiro atoms. The van der Waals surface area contributed by atoms with Crippen LogP contribution in [0.2, 0.25) is 0 Å². The van der Waals surface area contributed by atoms with Crippen LogP contribution in [0.15, 0.2) is 0 Å². The lowest BCUT2D eigenvalue weighted by Gasteiger charge is -2.38. The third kappa shape index (κ3) is 1.18. The Labute approximate surface area is 93.7 Å². The maximum absolute atomic E-state index is 14.2. The Hall–Kier alpha value is -0.680. The smallest absolute Gasteiger partial charge is 0.231 e. The van der Waals surface area contributed by atoms with Crippen LogP contribution < -0.4 is 0 Å². The molecule has 0 saturated carbocycles. The lowest BCUT2D eigenvalue weighted by atomic mass is 9.85. The van der Waals surface area contributed by atoms with Gasteiger partial charge in [-0.05, 0) is 20.3 Å². The van der Waals surface area contributed by atoms with Gasteiger partial charge in [-0.2, -0.15) is 0 Å². The molecule has 0 aromatic heterocycles. The van der Waals surface area contributed by atoms with E-state index in [1.165, 1.54) is 0 Å². The summed E-state index contributed by atoms with van der Waals surface area (Å²) in [5.74, 6) is -0.646. The summed E-state index contributed by atoms with van der Waals surface area (Å²) < 4.78 is 24.6. The highest BCUT2D eigenvalue weighted by Gasteiger charge is 2.60. The first kappa shape index (κ1) is 10.5. The summed E-state index contributed by atoms with van der Waals surface area (Å²) in [5, 5.41) is 0.